The highest BCUT2D eigenvalue weighted by Crippen LogP contribution is 2.24. The van der Waals surface area contributed by atoms with Crippen LogP contribution in [0.1, 0.15) is 449 Å². The summed E-state index contributed by atoms with van der Waals surface area (Å²) in [7, 11) is 0. The minimum atomic E-state index is 1.15. The van der Waals surface area contributed by atoms with Gasteiger partial charge in [0.1, 0.15) is 0 Å². The predicted octanol–water partition coefficient (Wildman–Crippen LogP) is 39.0. The van der Waals surface area contributed by atoms with Gasteiger partial charge in [0, 0.05) is 0 Å². The molecule has 112 heavy (non-hydrogen) atoms. The fraction of sp³-hybridized carbons (Fsp3) is 0.607. The highest BCUT2D eigenvalue weighted by atomic mass is 14.1. The zero-order valence-electron chi connectivity index (χ0n) is 78.8. The highest BCUT2D eigenvalue weighted by molar-refractivity contribution is 5.17. The predicted molar refractivity (Wildman–Crippen MR) is 517 cm³/mol. The summed E-state index contributed by atoms with van der Waals surface area (Å²) < 4.78 is 0. The lowest BCUT2D eigenvalue weighted by Crippen LogP contribution is -1.84. The molecule has 0 aliphatic carbocycles. The van der Waals surface area contributed by atoms with Crippen molar-refractivity contribution in [3.8, 4) is 0 Å². The van der Waals surface area contributed by atoms with Crippen molar-refractivity contribution >= 4 is 0 Å². The second-order valence-corrected chi connectivity index (χ2v) is 35.4. The van der Waals surface area contributed by atoms with E-state index in [0.717, 1.165) is 109 Å². The molecule has 0 saturated heterocycles. The lowest BCUT2D eigenvalue weighted by atomic mass is 10.0. The Labute approximate surface area is 700 Å². The van der Waals surface area contributed by atoms with Gasteiger partial charge in [0.2, 0.25) is 0 Å². The van der Waals surface area contributed by atoms with Crippen LogP contribution in [0.2, 0.25) is 0 Å². The molecule has 0 N–H and O–H groups in total. The second-order valence-electron chi connectivity index (χ2n) is 35.4. The lowest BCUT2D eigenvalue weighted by Gasteiger charge is -2.05. The van der Waals surface area contributed by atoms with Crippen molar-refractivity contribution in [1.82, 2.24) is 0 Å². The van der Waals surface area contributed by atoms with Crippen LogP contribution < -0.4 is 0 Å². The fourth-order valence-corrected chi connectivity index (χ4v) is 14.0. The van der Waals surface area contributed by atoms with Crippen molar-refractivity contribution in [2.45, 2.75) is 449 Å². The van der Waals surface area contributed by atoms with E-state index < -0.39 is 0 Å². The molecular weight excluding hydrogens is 1350 g/mol. The molecule has 0 fully saturated rings. The van der Waals surface area contributed by atoms with Gasteiger partial charge in [0.05, 0.1) is 0 Å². The average molecular weight is 1530 g/mol. The minimum Gasteiger partial charge on any atom is -0.0856 e. The van der Waals surface area contributed by atoms with Crippen LogP contribution >= 0.6 is 0 Å². The van der Waals surface area contributed by atoms with Gasteiger partial charge >= 0.3 is 0 Å². The van der Waals surface area contributed by atoms with Gasteiger partial charge in [-0.1, -0.05) is 270 Å². The first-order valence-corrected chi connectivity index (χ1v) is 46.0. The Kier molecular flexibility index (Phi) is 68.1. The zero-order valence-corrected chi connectivity index (χ0v) is 78.8. The van der Waals surface area contributed by atoms with E-state index in [1.165, 1.54) is 290 Å². The molecule has 0 bridgehead atoms. The Morgan fingerprint density at radius 3 is 0.250 bits per heavy atom. The molecule has 0 spiro atoms. The van der Waals surface area contributed by atoms with E-state index in [9.17, 15) is 0 Å². The Hall–Kier alpha value is -5.72. The number of hydrogen-bond acceptors (Lipinski definition) is 0. The van der Waals surface area contributed by atoms with Gasteiger partial charge in [-0.2, -0.15) is 0 Å². The quantitative estimate of drug-likeness (QED) is 0.0533. The second kappa shape index (κ2) is 71.8. The molecule has 0 saturated carbocycles. The molecule has 630 valence electrons. The molecule has 0 nitrogen and oxygen atoms in total. The maximum absolute atomic E-state index is 2.49. The molecule has 0 aromatic rings. The summed E-state index contributed by atoms with van der Waals surface area (Å²) in [6.07, 6.45) is 106. The molecule has 0 amide bonds. The maximum Gasteiger partial charge on any atom is -0.0288 e. The Balaban J connectivity index is 4.37. The van der Waals surface area contributed by atoms with E-state index in [0.29, 0.717) is 0 Å². The molecule has 0 aromatic carbocycles. The van der Waals surface area contributed by atoms with E-state index in [-0.39, 0.29) is 0 Å². The van der Waals surface area contributed by atoms with Crippen molar-refractivity contribution < 1.29 is 0 Å². The van der Waals surface area contributed by atoms with Crippen LogP contribution in [-0.4, -0.2) is 0 Å². The summed E-state index contributed by atoms with van der Waals surface area (Å²) in [6, 6.07) is 0. The first kappa shape index (κ1) is 106. The number of unbranched alkanes of at least 4 members (excludes halogenated alkanes) is 1. The number of allylic oxidation sites excluding steroid dienone is 44. The third-order valence-electron chi connectivity index (χ3n) is 22.5. The standard InChI is InChI=1S/C112H182/c1-25-26-49-92(4)51-28-53-94(6)55-30-57-96(8)59-32-61-98(10)63-34-65-100(12)67-36-69-102(14)71-38-73-104(16)75-40-77-106(18)79-42-81-108(20)83-44-85-110(22)87-46-89-112(24)90-47-88-111(23)86-45-84-109(21)82-43-80-107(19)78-41-76-105(17)74-39-72-103(15)70-37-68-101(13)66-35-64-99(11)62-33-60-97(9)58-31-56-95(7)54-29-52-93(5)50-27-48-91(2)3/h48-49,52-53,56-57,60-61,64-65,68-69,72-73,76-77,80-81,84-85,88-89H,25-47,50-51,54-55,58-59,62-63,66-67,70-71,74-75,78-79,82-83,86-87,90H2,1-24H3/b92-49+,93-52+,94-53+,95-56+,96-57+,97-60+,98-61+,99-64+,100-65+,101-68+,102-69+,103-72+,104-73+,105-76+,106-77+,107-80+,108-81+,109-84+,110-85+,111-88+,112-89+. The summed E-state index contributed by atoms with van der Waals surface area (Å²) in [4.78, 5) is 0. The smallest absolute Gasteiger partial charge is 0.0288 e. The molecule has 0 heterocycles. The Bertz CT molecular complexity index is 3260. The van der Waals surface area contributed by atoms with Crippen molar-refractivity contribution in [3.63, 3.8) is 0 Å². The molecule has 0 rings (SSSR count). The molecule has 0 aliphatic heterocycles. The first-order chi connectivity index (χ1) is 53.5. The summed E-state index contributed by atoms with van der Waals surface area (Å²) >= 11 is 0. The van der Waals surface area contributed by atoms with Crippen LogP contribution in [0.25, 0.3) is 0 Å². The van der Waals surface area contributed by atoms with Gasteiger partial charge in [-0.15, -0.1) is 0 Å². The largest absolute Gasteiger partial charge is 0.0856 e. The monoisotopic (exact) mass is 1530 g/mol. The van der Waals surface area contributed by atoms with Gasteiger partial charge in [-0.3, -0.25) is 0 Å². The normalized spacial score (nSPS) is 15.3. The van der Waals surface area contributed by atoms with Crippen LogP contribution in [0.4, 0.5) is 0 Å². The Morgan fingerprint density at radius 1 is 0.107 bits per heavy atom. The summed E-state index contributed by atoms with van der Waals surface area (Å²) in [5.74, 6) is 0. The molecular formula is C112H182. The summed E-state index contributed by atoms with van der Waals surface area (Å²) in [6.45, 7) is 55.3. The lowest BCUT2D eigenvalue weighted by molar-refractivity contribution is 0.876. The molecule has 0 aromatic heterocycles. The van der Waals surface area contributed by atoms with E-state index in [4.69, 9.17) is 0 Å². The van der Waals surface area contributed by atoms with Gasteiger partial charge in [-0.25, -0.2) is 0 Å². The third-order valence-corrected chi connectivity index (χ3v) is 22.5. The molecule has 0 aliphatic rings. The summed E-state index contributed by atoms with van der Waals surface area (Å²) in [5, 5.41) is 0. The van der Waals surface area contributed by atoms with Crippen molar-refractivity contribution in [2.75, 3.05) is 0 Å². The number of hydrogen-bond donors (Lipinski definition) is 0. The maximum atomic E-state index is 2.49. The summed E-state index contributed by atoms with van der Waals surface area (Å²) in [5.41, 5.74) is 33.6. The number of rotatable bonds is 65. The highest BCUT2D eigenvalue weighted by Gasteiger charge is 2.04. The zero-order chi connectivity index (χ0) is 83.4. The van der Waals surface area contributed by atoms with E-state index >= 15 is 0 Å². The van der Waals surface area contributed by atoms with Crippen molar-refractivity contribution in [3.05, 3.63) is 256 Å². The molecule has 0 atom stereocenters. The topological polar surface area (TPSA) is 0 Å². The van der Waals surface area contributed by atoms with Crippen LogP contribution in [0.5, 0.6) is 0 Å². The van der Waals surface area contributed by atoms with E-state index in [1.807, 2.05) is 0 Å². The van der Waals surface area contributed by atoms with Gasteiger partial charge in [0.25, 0.3) is 0 Å². The minimum absolute atomic E-state index is 1.15. The Morgan fingerprint density at radius 2 is 0.179 bits per heavy atom. The van der Waals surface area contributed by atoms with Crippen LogP contribution in [0.15, 0.2) is 256 Å². The van der Waals surface area contributed by atoms with Gasteiger partial charge in [0.15, 0.2) is 0 Å². The van der Waals surface area contributed by atoms with Crippen LogP contribution in [0, 0.1) is 0 Å². The molecule has 0 heteroatoms. The van der Waals surface area contributed by atoms with Crippen LogP contribution in [-0.2, 0) is 0 Å². The van der Waals surface area contributed by atoms with E-state index in [2.05, 4.69) is 300 Å². The van der Waals surface area contributed by atoms with Crippen LogP contribution in [0.3, 0.4) is 0 Å². The first-order valence-electron chi connectivity index (χ1n) is 46.0. The molecule has 0 unspecified atom stereocenters. The van der Waals surface area contributed by atoms with Crippen molar-refractivity contribution in [1.29, 1.82) is 0 Å². The van der Waals surface area contributed by atoms with Gasteiger partial charge < -0.3 is 0 Å². The average Bonchev–Trinajstić information content (AvgIpc) is 1.02. The van der Waals surface area contributed by atoms with Gasteiger partial charge in [-0.05, 0) is 435 Å². The van der Waals surface area contributed by atoms with Crippen molar-refractivity contribution in [2.24, 2.45) is 0 Å². The fourth-order valence-electron chi connectivity index (χ4n) is 14.0. The third kappa shape index (κ3) is 72.0. The SMILES string of the molecule is CCC/C=C(\C)CC/C=C(\C)CC/C=C(\C)CC/C=C(\C)CC/C=C(\C)CC/C=C(\C)CC/C=C(\C)CC/C=C(\C)CC/C=C(\C)CC/C=C(\C)CC/C=C(\C)CC/C=C(\C)CC/C=C(\C)CC/C=C(\C)CC/C=C(\C)CC/C=C(\C)CC/C=C(\C)CC/C=C(\C)CC/C=C(\C)CC/C=C(\C)CC/C=C(\C)CCC=C(C)C. The van der Waals surface area contributed by atoms with E-state index in [1.54, 1.807) is 5.57 Å². The molecule has 0 radical (unpaired) electrons.